The summed E-state index contributed by atoms with van der Waals surface area (Å²) in [7, 11) is 0. The Morgan fingerprint density at radius 3 is 2.65 bits per heavy atom. The molecule has 0 fully saturated rings. The minimum Gasteiger partial charge on any atom is -0.444 e. The number of aryl methyl sites for hydroxylation is 1. The van der Waals surface area contributed by atoms with E-state index in [-0.39, 0.29) is 12.1 Å². The Morgan fingerprint density at radius 1 is 1.30 bits per heavy atom. The van der Waals surface area contributed by atoms with E-state index in [1.54, 1.807) is 0 Å². The van der Waals surface area contributed by atoms with Crippen LogP contribution in [-0.2, 0) is 17.8 Å². The lowest BCUT2D eigenvalue weighted by Gasteiger charge is -2.22. The highest BCUT2D eigenvalue weighted by Gasteiger charge is 2.17. The largest absolute Gasteiger partial charge is 0.444 e. The van der Waals surface area contributed by atoms with Crippen LogP contribution in [0.1, 0.15) is 59.4 Å². The first kappa shape index (κ1) is 19.6. The molecule has 5 nitrogen and oxygen atoms in total. The summed E-state index contributed by atoms with van der Waals surface area (Å²) in [5.74, 6) is 0. The molecule has 0 spiro atoms. The van der Waals surface area contributed by atoms with E-state index in [2.05, 4.69) is 47.5 Å². The Labute approximate surface area is 140 Å². The molecule has 0 saturated heterocycles. The lowest BCUT2D eigenvalue weighted by Crippen LogP contribution is -2.42. The first-order chi connectivity index (χ1) is 10.8. The number of alkyl carbamates (subject to hydrolysis) is 1. The molecule has 1 atom stereocenters. The molecule has 1 aromatic rings. The van der Waals surface area contributed by atoms with E-state index in [1.165, 1.54) is 5.56 Å². The number of nitrogens with zero attached hydrogens (tertiary/aromatic N) is 1. The van der Waals surface area contributed by atoms with E-state index >= 15 is 0 Å². The van der Waals surface area contributed by atoms with Gasteiger partial charge in [0, 0.05) is 38.1 Å². The van der Waals surface area contributed by atoms with Gasteiger partial charge in [0.1, 0.15) is 5.60 Å². The number of hydrogen-bond donors (Lipinski definition) is 2. The minimum absolute atomic E-state index is 0.252. The SMILES string of the molecule is CCCC(CNC(=O)OC(C)(C)C)NCc1ccn(CCC)c1. The quantitative estimate of drug-likeness (QED) is 0.729. The fourth-order valence-corrected chi connectivity index (χ4v) is 2.40. The van der Waals surface area contributed by atoms with E-state index in [9.17, 15) is 4.79 Å². The van der Waals surface area contributed by atoms with E-state index in [1.807, 2.05) is 20.8 Å². The highest BCUT2D eigenvalue weighted by molar-refractivity contribution is 5.67. The Hall–Kier alpha value is -1.49. The van der Waals surface area contributed by atoms with Crippen molar-refractivity contribution in [2.45, 2.75) is 78.6 Å². The molecule has 1 aromatic heterocycles. The molecule has 0 aliphatic heterocycles. The lowest BCUT2D eigenvalue weighted by molar-refractivity contribution is 0.0521. The molecule has 0 radical (unpaired) electrons. The zero-order valence-electron chi connectivity index (χ0n) is 15.3. The van der Waals surface area contributed by atoms with E-state index < -0.39 is 5.60 Å². The van der Waals surface area contributed by atoms with Gasteiger partial charge in [-0.2, -0.15) is 0 Å². The van der Waals surface area contributed by atoms with Crippen LogP contribution < -0.4 is 10.6 Å². The van der Waals surface area contributed by atoms with Gasteiger partial charge in [-0.15, -0.1) is 0 Å². The van der Waals surface area contributed by atoms with Gasteiger partial charge in [-0.1, -0.05) is 20.3 Å². The molecule has 23 heavy (non-hydrogen) atoms. The summed E-state index contributed by atoms with van der Waals surface area (Å²) in [5, 5.41) is 6.38. The van der Waals surface area contributed by atoms with Crippen LogP contribution in [0, 0.1) is 0 Å². The van der Waals surface area contributed by atoms with Crippen molar-refractivity contribution in [1.29, 1.82) is 0 Å². The molecule has 0 saturated carbocycles. The van der Waals surface area contributed by atoms with Crippen molar-refractivity contribution in [3.63, 3.8) is 0 Å². The van der Waals surface area contributed by atoms with Crippen molar-refractivity contribution in [3.8, 4) is 0 Å². The van der Waals surface area contributed by atoms with Crippen molar-refractivity contribution in [2.75, 3.05) is 6.54 Å². The number of carbonyl (C=O) groups excluding carboxylic acids is 1. The third-order valence-electron chi connectivity index (χ3n) is 3.42. The lowest BCUT2D eigenvalue weighted by atomic mass is 10.1. The summed E-state index contributed by atoms with van der Waals surface area (Å²) in [6.07, 6.45) is 7.18. The number of rotatable bonds is 9. The molecular formula is C18H33N3O2. The molecule has 0 aliphatic carbocycles. The van der Waals surface area contributed by atoms with E-state index in [0.717, 1.165) is 32.4 Å². The summed E-state index contributed by atoms with van der Waals surface area (Å²) < 4.78 is 7.49. The molecule has 1 rings (SSSR count). The first-order valence-electron chi connectivity index (χ1n) is 8.69. The zero-order chi connectivity index (χ0) is 17.3. The number of amides is 1. The van der Waals surface area contributed by atoms with Crippen LogP contribution in [0.2, 0.25) is 0 Å². The number of ether oxygens (including phenoxy) is 1. The van der Waals surface area contributed by atoms with Crippen molar-refractivity contribution < 1.29 is 9.53 Å². The Kier molecular flexibility index (Phi) is 8.17. The molecule has 1 unspecified atom stereocenters. The molecule has 0 aromatic carbocycles. The van der Waals surface area contributed by atoms with Crippen LogP contribution >= 0.6 is 0 Å². The minimum atomic E-state index is -0.458. The van der Waals surface area contributed by atoms with Gasteiger partial charge in [0.25, 0.3) is 0 Å². The van der Waals surface area contributed by atoms with Crippen LogP contribution in [0.15, 0.2) is 18.5 Å². The van der Waals surface area contributed by atoms with Crippen LogP contribution in [-0.4, -0.2) is 28.8 Å². The average molecular weight is 323 g/mol. The summed E-state index contributed by atoms with van der Waals surface area (Å²) >= 11 is 0. The van der Waals surface area contributed by atoms with Crippen molar-refractivity contribution in [1.82, 2.24) is 15.2 Å². The average Bonchev–Trinajstić information content (AvgIpc) is 2.88. The molecule has 132 valence electrons. The number of aromatic nitrogens is 1. The van der Waals surface area contributed by atoms with Crippen molar-refractivity contribution in [3.05, 3.63) is 24.0 Å². The standard InChI is InChI=1S/C18H33N3O2/c1-6-8-16(13-20-17(22)23-18(3,4)5)19-12-15-9-11-21(14-15)10-7-2/h9,11,14,16,19H,6-8,10,12-13H2,1-5H3,(H,20,22). The normalized spacial score (nSPS) is 12.9. The number of carbonyl (C=O) groups is 1. The van der Waals surface area contributed by atoms with Gasteiger partial charge in [0.05, 0.1) is 0 Å². The highest BCUT2D eigenvalue weighted by Crippen LogP contribution is 2.07. The van der Waals surface area contributed by atoms with Gasteiger partial charge in [0.15, 0.2) is 0 Å². The zero-order valence-corrected chi connectivity index (χ0v) is 15.3. The van der Waals surface area contributed by atoms with Gasteiger partial charge in [-0.05, 0) is 45.2 Å². The predicted molar refractivity (Wildman–Crippen MR) is 94.5 cm³/mol. The highest BCUT2D eigenvalue weighted by atomic mass is 16.6. The van der Waals surface area contributed by atoms with Gasteiger partial charge >= 0.3 is 6.09 Å². The molecule has 0 bridgehead atoms. The fraction of sp³-hybridized carbons (Fsp3) is 0.722. The second-order valence-electron chi connectivity index (χ2n) is 7.01. The molecule has 5 heteroatoms. The van der Waals surface area contributed by atoms with Crippen LogP contribution in [0.5, 0.6) is 0 Å². The van der Waals surface area contributed by atoms with Gasteiger partial charge in [0.2, 0.25) is 0 Å². The Morgan fingerprint density at radius 2 is 2.04 bits per heavy atom. The van der Waals surface area contributed by atoms with Crippen molar-refractivity contribution >= 4 is 6.09 Å². The predicted octanol–water partition coefficient (Wildman–Crippen LogP) is 3.68. The monoisotopic (exact) mass is 323 g/mol. The molecule has 2 N–H and O–H groups in total. The molecular weight excluding hydrogens is 290 g/mol. The van der Waals surface area contributed by atoms with Gasteiger partial charge in [-0.3, -0.25) is 0 Å². The molecule has 1 amide bonds. The van der Waals surface area contributed by atoms with E-state index in [4.69, 9.17) is 4.74 Å². The Bertz CT molecular complexity index is 463. The third kappa shape index (κ3) is 8.65. The van der Waals surface area contributed by atoms with Gasteiger partial charge < -0.3 is 19.9 Å². The number of nitrogens with one attached hydrogen (secondary N) is 2. The van der Waals surface area contributed by atoms with Gasteiger partial charge in [-0.25, -0.2) is 4.79 Å². The van der Waals surface area contributed by atoms with Crippen LogP contribution in [0.4, 0.5) is 4.79 Å². The smallest absolute Gasteiger partial charge is 0.407 e. The van der Waals surface area contributed by atoms with Crippen LogP contribution in [0.3, 0.4) is 0 Å². The van der Waals surface area contributed by atoms with Crippen molar-refractivity contribution in [2.24, 2.45) is 0 Å². The summed E-state index contributed by atoms with van der Waals surface area (Å²) in [6.45, 7) is 12.4. The summed E-state index contributed by atoms with van der Waals surface area (Å²) in [6, 6.07) is 2.40. The summed E-state index contributed by atoms with van der Waals surface area (Å²) in [5.41, 5.74) is 0.816. The second kappa shape index (κ2) is 9.60. The first-order valence-corrected chi connectivity index (χ1v) is 8.69. The molecule has 1 heterocycles. The van der Waals surface area contributed by atoms with E-state index in [0.29, 0.717) is 6.54 Å². The van der Waals surface area contributed by atoms with Crippen LogP contribution in [0.25, 0.3) is 0 Å². The fourth-order valence-electron chi connectivity index (χ4n) is 2.40. The summed E-state index contributed by atoms with van der Waals surface area (Å²) in [4.78, 5) is 11.8. The maximum Gasteiger partial charge on any atom is 0.407 e. The number of hydrogen-bond acceptors (Lipinski definition) is 3. The third-order valence-corrected chi connectivity index (χ3v) is 3.42. The Balaban J connectivity index is 2.40. The second-order valence-corrected chi connectivity index (χ2v) is 7.01. The molecule has 0 aliphatic rings. The maximum absolute atomic E-state index is 11.8. The maximum atomic E-state index is 11.8. The topological polar surface area (TPSA) is 55.3 Å².